The summed E-state index contributed by atoms with van der Waals surface area (Å²) in [6.07, 6.45) is 1.06. The number of rotatable bonds is 3. The molecule has 1 rings (SSSR count). The van der Waals surface area contributed by atoms with Gasteiger partial charge in [-0.1, -0.05) is 0 Å². The molecule has 1 aliphatic rings. The Morgan fingerprint density at radius 3 is 2.62 bits per heavy atom. The van der Waals surface area contributed by atoms with Gasteiger partial charge in [-0.2, -0.15) is 0 Å². The van der Waals surface area contributed by atoms with Crippen LogP contribution in [0.4, 0.5) is 0 Å². The van der Waals surface area contributed by atoms with Gasteiger partial charge < -0.3 is 8.23 Å². The molecule has 1 fully saturated rings. The molecule has 0 aromatic heterocycles. The summed E-state index contributed by atoms with van der Waals surface area (Å²) in [5, 5.41) is 0. The average molecular weight is 169 g/mol. The molecule has 0 aliphatic carbocycles. The lowest BCUT2D eigenvalue weighted by Crippen LogP contribution is -2.38. The van der Waals surface area contributed by atoms with E-state index in [0.29, 0.717) is 0 Å². The van der Waals surface area contributed by atoms with Gasteiger partial charge in [0.25, 0.3) is 10.0 Å². The number of hydrogen-bond acceptors (Lipinski definition) is 2. The Morgan fingerprint density at radius 1 is 1.50 bits per heavy atom. The Morgan fingerprint density at radius 2 is 2.25 bits per heavy atom. The van der Waals surface area contributed by atoms with E-state index in [4.69, 9.17) is 19.8 Å². The van der Waals surface area contributed by atoms with Crippen molar-refractivity contribution >= 4 is 30.9 Å². The van der Waals surface area contributed by atoms with Crippen molar-refractivity contribution in [3.63, 3.8) is 0 Å². The highest BCUT2D eigenvalue weighted by Gasteiger charge is 2.20. The van der Waals surface area contributed by atoms with Crippen LogP contribution < -0.4 is 0 Å². The third-order valence-corrected chi connectivity index (χ3v) is 6.29. The molecule has 8 heavy (non-hydrogen) atoms. The largest absolute Gasteiger partial charge is 0.422 e. The fourth-order valence-electron chi connectivity index (χ4n) is 0.575. The zero-order valence-corrected chi connectivity index (χ0v) is 7.93. The summed E-state index contributed by atoms with van der Waals surface area (Å²) >= 11 is 5.45. The van der Waals surface area contributed by atoms with Crippen molar-refractivity contribution in [1.82, 2.24) is 0 Å². The van der Waals surface area contributed by atoms with Crippen LogP contribution in [0, 0.1) is 0 Å². The molecule has 1 aliphatic heterocycles. The van der Waals surface area contributed by atoms with Crippen LogP contribution in [0.15, 0.2) is 0 Å². The molecule has 0 bridgehead atoms. The summed E-state index contributed by atoms with van der Waals surface area (Å²) < 4.78 is 10.5. The molecule has 0 unspecified atom stereocenters. The SMILES string of the molecule is ClCCC[SiH]1O[SiH2]O1. The fourth-order valence-corrected chi connectivity index (χ4v) is 4.17. The third-order valence-electron chi connectivity index (χ3n) is 1.08. The molecule has 0 amide bonds. The van der Waals surface area contributed by atoms with Crippen molar-refractivity contribution in [2.75, 3.05) is 5.88 Å². The summed E-state index contributed by atoms with van der Waals surface area (Å²) in [7, 11) is -1.49. The van der Waals surface area contributed by atoms with Crippen molar-refractivity contribution < 1.29 is 8.23 Å². The summed E-state index contributed by atoms with van der Waals surface area (Å²) in [6.45, 7) is 0. The molecule has 48 valence electrons. The molecule has 0 radical (unpaired) electrons. The molecular weight excluding hydrogens is 160 g/mol. The number of alkyl halides is 1. The Bertz CT molecular complexity index is 68.3. The summed E-state index contributed by atoms with van der Waals surface area (Å²) in [4.78, 5) is 0. The van der Waals surface area contributed by atoms with Gasteiger partial charge in [-0.3, -0.25) is 0 Å². The van der Waals surface area contributed by atoms with Crippen LogP contribution >= 0.6 is 11.6 Å². The molecule has 0 spiro atoms. The Balaban J connectivity index is 1.86. The molecule has 0 aromatic carbocycles. The van der Waals surface area contributed by atoms with Gasteiger partial charge in [0.2, 0.25) is 0 Å². The maximum atomic E-state index is 5.45. The van der Waals surface area contributed by atoms with E-state index in [1.807, 2.05) is 0 Å². The first-order valence-electron chi connectivity index (χ1n) is 2.72. The first-order valence-corrected chi connectivity index (χ1v) is 6.17. The molecule has 1 heterocycles. The zero-order chi connectivity index (χ0) is 5.82. The van der Waals surface area contributed by atoms with Crippen LogP contribution in [0.1, 0.15) is 6.42 Å². The Hall–Kier alpha value is 0.644. The van der Waals surface area contributed by atoms with Gasteiger partial charge in [0.1, 0.15) is 0 Å². The molecule has 0 N–H and O–H groups in total. The van der Waals surface area contributed by atoms with Crippen LogP contribution in [0.3, 0.4) is 0 Å². The van der Waals surface area contributed by atoms with Crippen LogP contribution in [-0.4, -0.2) is 25.2 Å². The lowest BCUT2D eigenvalue weighted by atomic mass is 10.6. The topological polar surface area (TPSA) is 18.5 Å². The first-order chi connectivity index (χ1) is 3.93. The van der Waals surface area contributed by atoms with Crippen molar-refractivity contribution in [1.29, 1.82) is 0 Å². The minimum atomic E-state index is -1.04. The molecule has 0 saturated carbocycles. The monoisotopic (exact) mass is 168 g/mol. The average Bonchev–Trinajstić information content (AvgIpc) is 1.63. The predicted molar refractivity (Wildman–Crippen MR) is 38.0 cm³/mol. The van der Waals surface area contributed by atoms with Gasteiger partial charge in [-0.05, 0) is 12.5 Å². The summed E-state index contributed by atoms with van der Waals surface area (Å²) in [5.74, 6) is 0.748. The van der Waals surface area contributed by atoms with Crippen LogP contribution in [0.2, 0.25) is 6.04 Å². The van der Waals surface area contributed by atoms with Gasteiger partial charge in [-0.15, -0.1) is 11.6 Å². The van der Waals surface area contributed by atoms with E-state index in [9.17, 15) is 0 Å². The van der Waals surface area contributed by atoms with Crippen molar-refractivity contribution in [2.45, 2.75) is 12.5 Å². The minimum absolute atomic E-state index is 0.452. The van der Waals surface area contributed by atoms with Crippen LogP contribution in [0.5, 0.6) is 0 Å². The van der Waals surface area contributed by atoms with E-state index in [-0.39, 0.29) is 0 Å². The maximum absolute atomic E-state index is 5.45. The Labute approximate surface area is 58.0 Å². The van der Waals surface area contributed by atoms with E-state index in [2.05, 4.69) is 0 Å². The van der Waals surface area contributed by atoms with Gasteiger partial charge in [0.05, 0.1) is 0 Å². The Kier molecular flexibility index (Phi) is 3.07. The number of halogens is 1. The first kappa shape index (κ1) is 6.76. The molecular formula is C3H9ClO2Si2. The quantitative estimate of drug-likeness (QED) is 0.432. The molecule has 1 saturated heterocycles. The van der Waals surface area contributed by atoms with Gasteiger partial charge in [-0.25, -0.2) is 0 Å². The van der Waals surface area contributed by atoms with E-state index in [0.717, 1.165) is 18.3 Å². The highest BCUT2D eigenvalue weighted by atomic mass is 35.5. The highest BCUT2D eigenvalue weighted by molar-refractivity contribution is 6.64. The minimum Gasteiger partial charge on any atom is -0.422 e. The van der Waals surface area contributed by atoms with Crippen molar-refractivity contribution in [3.05, 3.63) is 0 Å². The van der Waals surface area contributed by atoms with Crippen LogP contribution in [0.25, 0.3) is 0 Å². The van der Waals surface area contributed by atoms with E-state index < -0.39 is 19.3 Å². The van der Waals surface area contributed by atoms with Gasteiger partial charge in [0.15, 0.2) is 0 Å². The van der Waals surface area contributed by atoms with Crippen molar-refractivity contribution in [2.24, 2.45) is 0 Å². The second-order valence-corrected chi connectivity index (χ2v) is 6.43. The second-order valence-electron chi connectivity index (χ2n) is 1.71. The van der Waals surface area contributed by atoms with Crippen LogP contribution in [-0.2, 0) is 8.23 Å². The fraction of sp³-hybridized carbons (Fsp3) is 1.00. The molecule has 0 atom stereocenters. The smallest absolute Gasteiger partial charge is 0.303 e. The zero-order valence-electron chi connectivity index (χ0n) is 4.60. The maximum Gasteiger partial charge on any atom is 0.303 e. The summed E-state index contributed by atoms with van der Waals surface area (Å²) in [5.41, 5.74) is 0. The van der Waals surface area contributed by atoms with E-state index >= 15 is 0 Å². The lowest BCUT2D eigenvalue weighted by molar-refractivity contribution is 0.310. The standard InChI is InChI=1S/C3H9ClO2Si2/c4-2-1-3-8-5-7-6-8/h8H,1-3,7H2. The molecule has 0 aromatic rings. The summed E-state index contributed by atoms with van der Waals surface area (Å²) in [6, 6.07) is 1.11. The van der Waals surface area contributed by atoms with E-state index in [1.54, 1.807) is 0 Å². The van der Waals surface area contributed by atoms with Gasteiger partial charge in [0, 0.05) is 5.88 Å². The van der Waals surface area contributed by atoms with Crippen molar-refractivity contribution in [3.8, 4) is 0 Å². The highest BCUT2D eigenvalue weighted by Crippen LogP contribution is 2.07. The molecule has 2 nitrogen and oxygen atoms in total. The lowest BCUT2D eigenvalue weighted by Gasteiger charge is -2.24. The van der Waals surface area contributed by atoms with E-state index in [1.165, 1.54) is 0 Å². The molecule has 5 heteroatoms. The normalized spacial score (nSPS) is 30.4. The van der Waals surface area contributed by atoms with Gasteiger partial charge >= 0.3 is 9.28 Å². The number of hydrogen-bond donors (Lipinski definition) is 0. The predicted octanol–water partition coefficient (Wildman–Crippen LogP) is -0.119. The third kappa shape index (κ3) is 1.87. The second kappa shape index (κ2) is 3.63.